The normalized spacial score (nSPS) is 11.1. The smallest absolute Gasteiger partial charge is 0 e. The Balaban J connectivity index is 0.000000810. The Bertz CT molecular complexity index is 659. The molecule has 0 unspecified atom stereocenters. The van der Waals surface area contributed by atoms with Crippen LogP contribution in [-0.2, 0) is 6.42 Å². The van der Waals surface area contributed by atoms with E-state index < -0.39 is 0 Å². The summed E-state index contributed by atoms with van der Waals surface area (Å²) in [6.07, 6.45) is 1.10. The molecule has 3 aromatic rings. The zero-order chi connectivity index (χ0) is 11.0. The number of hydrogen-bond acceptors (Lipinski definition) is 0. The molecule has 0 saturated carbocycles. The molecule has 0 amide bonds. The van der Waals surface area contributed by atoms with Gasteiger partial charge in [-0.1, -0.05) is 49.4 Å². The summed E-state index contributed by atoms with van der Waals surface area (Å²) in [5, 5.41) is 5.32. The number of hydrogen-bond donors (Lipinski definition) is 0. The molecule has 0 heterocycles. The number of rotatable bonds is 1. The molecule has 0 aliphatic carbocycles. The molecule has 0 heteroatoms. The van der Waals surface area contributed by atoms with Gasteiger partial charge in [-0.25, -0.2) is 0 Å². The fourth-order valence-electron chi connectivity index (χ4n) is 2.21. The van der Waals surface area contributed by atoms with E-state index >= 15 is 0 Å². The van der Waals surface area contributed by atoms with Crippen molar-refractivity contribution in [2.24, 2.45) is 0 Å². The molecule has 0 bridgehead atoms. The first-order chi connectivity index (χ1) is 7.86. The summed E-state index contributed by atoms with van der Waals surface area (Å²) in [6, 6.07) is 19.8. The molecule has 0 fully saturated rings. The zero-order valence-electron chi connectivity index (χ0n) is 9.40. The number of fused-ring (bicyclic) bond motifs is 2. The van der Waals surface area contributed by atoms with E-state index in [0.29, 0.717) is 0 Å². The summed E-state index contributed by atoms with van der Waals surface area (Å²) in [6.45, 7) is 2.20. The molecule has 16 heavy (non-hydrogen) atoms. The molecular weight excluding hydrogens is 192 g/mol. The van der Waals surface area contributed by atoms with E-state index in [0.717, 1.165) is 6.42 Å². The minimum absolute atomic E-state index is 0. The maximum Gasteiger partial charge on any atom is 0 e. The molecule has 0 radical (unpaired) electrons. The van der Waals surface area contributed by atoms with Crippen LogP contribution in [0.25, 0.3) is 21.5 Å². The van der Waals surface area contributed by atoms with Gasteiger partial charge in [0.25, 0.3) is 0 Å². The van der Waals surface area contributed by atoms with Crippen molar-refractivity contribution >= 4 is 21.5 Å². The fourth-order valence-corrected chi connectivity index (χ4v) is 2.21. The van der Waals surface area contributed by atoms with Crippen LogP contribution in [0, 0.1) is 0 Å². The first-order valence-electron chi connectivity index (χ1n) is 5.78. The van der Waals surface area contributed by atoms with Gasteiger partial charge >= 0.3 is 0 Å². The van der Waals surface area contributed by atoms with Gasteiger partial charge in [-0.3, -0.25) is 0 Å². The molecule has 0 aromatic heterocycles. The summed E-state index contributed by atoms with van der Waals surface area (Å²) in [7, 11) is 0. The molecule has 3 aromatic carbocycles. The Hall–Kier alpha value is -1.82. The topological polar surface area (TPSA) is 0 Å². The monoisotopic (exact) mass is 210 g/mol. The van der Waals surface area contributed by atoms with E-state index in [-0.39, 0.29) is 2.85 Å². The number of benzene rings is 3. The average molecular weight is 210 g/mol. The van der Waals surface area contributed by atoms with Crippen molar-refractivity contribution in [3.05, 3.63) is 60.2 Å². The van der Waals surface area contributed by atoms with Gasteiger partial charge in [0.15, 0.2) is 0 Å². The Kier molecular flexibility index (Phi) is 2.14. The first-order valence-corrected chi connectivity index (χ1v) is 5.78. The minimum Gasteiger partial charge on any atom is -0.0616 e. The highest BCUT2D eigenvalue weighted by Crippen LogP contribution is 2.23. The lowest BCUT2D eigenvalue weighted by molar-refractivity contribution is 1.15. The van der Waals surface area contributed by atoms with Crippen molar-refractivity contribution in [2.75, 3.05) is 0 Å². The van der Waals surface area contributed by atoms with E-state index in [9.17, 15) is 0 Å². The highest BCUT2D eigenvalue weighted by Gasteiger charge is 1.98. The van der Waals surface area contributed by atoms with Gasteiger partial charge in [-0.15, -0.1) is 0 Å². The summed E-state index contributed by atoms with van der Waals surface area (Å²) >= 11 is 0. The second-order valence-corrected chi connectivity index (χ2v) is 4.23. The zero-order valence-corrected chi connectivity index (χ0v) is 9.40. The molecule has 3 rings (SSSR count). The van der Waals surface area contributed by atoms with Gasteiger partial charge in [0.1, 0.15) is 0 Å². The summed E-state index contributed by atoms with van der Waals surface area (Å²) in [4.78, 5) is 0. The average Bonchev–Trinajstić information content (AvgIpc) is 2.35. The van der Waals surface area contributed by atoms with E-state index in [1.807, 2.05) is 0 Å². The Morgan fingerprint density at radius 1 is 0.750 bits per heavy atom. The van der Waals surface area contributed by atoms with Gasteiger partial charge in [-0.2, -0.15) is 0 Å². The van der Waals surface area contributed by atoms with Gasteiger partial charge in [0.2, 0.25) is 0 Å². The van der Waals surface area contributed by atoms with Crippen LogP contribution in [0.3, 0.4) is 0 Å². The van der Waals surface area contributed by atoms with Gasteiger partial charge in [0.05, 0.1) is 0 Å². The minimum atomic E-state index is 0. The standard InChI is InChI=1S/C16H14.2H2/c1-2-12-7-8-15-10-13-5-3-4-6-14(13)11-16(15)9-12;;/h3-11H,2H2,1H3;2*1H. The van der Waals surface area contributed by atoms with Crippen LogP contribution in [0.15, 0.2) is 54.6 Å². The van der Waals surface area contributed by atoms with Crippen molar-refractivity contribution in [1.82, 2.24) is 0 Å². The highest BCUT2D eigenvalue weighted by molar-refractivity contribution is 5.98. The lowest BCUT2D eigenvalue weighted by Crippen LogP contribution is -1.81. The summed E-state index contributed by atoms with van der Waals surface area (Å²) < 4.78 is 0. The van der Waals surface area contributed by atoms with Crippen molar-refractivity contribution in [1.29, 1.82) is 0 Å². The molecular formula is C16H18. The quantitative estimate of drug-likeness (QED) is 0.493. The van der Waals surface area contributed by atoms with Crippen LogP contribution in [0.5, 0.6) is 0 Å². The van der Waals surface area contributed by atoms with Crippen LogP contribution in [0.1, 0.15) is 15.3 Å². The maximum absolute atomic E-state index is 2.29. The Morgan fingerprint density at radius 3 is 2.06 bits per heavy atom. The molecule has 82 valence electrons. The molecule has 0 aliphatic heterocycles. The third kappa shape index (κ3) is 1.47. The third-order valence-electron chi connectivity index (χ3n) is 3.18. The fraction of sp³-hybridized carbons (Fsp3) is 0.125. The highest BCUT2D eigenvalue weighted by atomic mass is 14.0. The molecule has 0 N–H and O–H groups in total. The molecule has 0 atom stereocenters. The van der Waals surface area contributed by atoms with Gasteiger partial charge in [-0.05, 0) is 45.7 Å². The predicted molar refractivity (Wildman–Crippen MR) is 75.1 cm³/mol. The Labute approximate surface area is 98.5 Å². The lowest BCUT2D eigenvalue weighted by Gasteiger charge is -2.04. The molecule has 0 saturated heterocycles. The number of aryl methyl sites for hydroxylation is 1. The first kappa shape index (κ1) is 9.41. The van der Waals surface area contributed by atoms with Gasteiger partial charge < -0.3 is 0 Å². The van der Waals surface area contributed by atoms with Gasteiger partial charge in [0, 0.05) is 2.85 Å². The van der Waals surface area contributed by atoms with Crippen LogP contribution in [-0.4, -0.2) is 0 Å². The van der Waals surface area contributed by atoms with Crippen LogP contribution >= 0.6 is 0 Å². The van der Waals surface area contributed by atoms with Crippen molar-refractivity contribution < 1.29 is 2.85 Å². The van der Waals surface area contributed by atoms with Crippen LogP contribution in [0.4, 0.5) is 0 Å². The molecule has 0 aliphatic rings. The second-order valence-electron chi connectivity index (χ2n) is 4.23. The lowest BCUT2D eigenvalue weighted by atomic mass is 10.0. The van der Waals surface area contributed by atoms with Crippen LogP contribution in [0.2, 0.25) is 0 Å². The predicted octanol–water partition coefficient (Wildman–Crippen LogP) is 5.05. The van der Waals surface area contributed by atoms with Crippen molar-refractivity contribution in [3.63, 3.8) is 0 Å². The molecule has 0 nitrogen and oxygen atoms in total. The van der Waals surface area contributed by atoms with Crippen molar-refractivity contribution in [2.45, 2.75) is 13.3 Å². The van der Waals surface area contributed by atoms with Crippen molar-refractivity contribution in [3.8, 4) is 0 Å². The van der Waals surface area contributed by atoms with Crippen LogP contribution < -0.4 is 0 Å². The van der Waals surface area contributed by atoms with E-state index in [1.165, 1.54) is 27.1 Å². The summed E-state index contributed by atoms with van der Waals surface area (Å²) in [5.74, 6) is 0. The molecule has 0 spiro atoms. The van der Waals surface area contributed by atoms with E-state index in [4.69, 9.17) is 0 Å². The maximum atomic E-state index is 2.29. The largest absolute Gasteiger partial charge is 0.0616 e. The second kappa shape index (κ2) is 3.64. The third-order valence-corrected chi connectivity index (χ3v) is 3.18. The van der Waals surface area contributed by atoms with E-state index in [2.05, 4.69) is 61.5 Å². The summed E-state index contributed by atoms with van der Waals surface area (Å²) in [5.41, 5.74) is 1.41. The Morgan fingerprint density at radius 2 is 1.38 bits per heavy atom. The SMILES string of the molecule is CCc1ccc2cc3ccccc3cc2c1.[HH].[HH]. The van der Waals surface area contributed by atoms with E-state index in [1.54, 1.807) is 0 Å².